The number of imidazole rings is 1. The van der Waals surface area contributed by atoms with Crippen molar-refractivity contribution in [3.63, 3.8) is 0 Å². The third-order valence-corrected chi connectivity index (χ3v) is 20.3. The van der Waals surface area contributed by atoms with E-state index in [4.69, 9.17) is 9.72 Å². The van der Waals surface area contributed by atoms with Gasteiger partial charge in [0, 0.05) is 17.4 Å². The Morgan fingerprint density at radius 3 is 1.43 bits per heavy atom. The van der Waals surface area contributed by atoms with Gasteiger partial charge in [-0.2, -0.15) is 0 Å². The number of aryl methyl sites for hydroxylation is 1. The van der Waals surface area contributed by atoms with E-state index in [9.17, 15) is 0 Å². The van der Waals surface area contributed by atoms with Crippen molar-refractivity contribution in [1.82, 2.24) is 14.1 Å². The number of benzene rings is 12. The Bertz CT molecular complexity index is 5210. The van der Waals surface area contributed by atoms with Gasteiger partial charge in [-0.1, -0.05) is 157 Å². The molecule has 0 N–H and O–H groups in total. The summed E-state index contributed by atoms with van der Waals surface area (Å²) < 4.78 is 13.2. The van der Waals surface area contributed by atoms with Crippen LogP contribution in [0.15, 0.2) is 303 Å². The standard InChI is InChI=1S/C88H71N5O.Pt/c1-59-52-84(89-57-73(59)64-44-42-61(43-45-64)60-26-12-8-13-27-60)93-78-39-21-20-38-74(78)88(76-53-65(86(2,3)4)46-50-79(76)92(67-32-18-11-19-33-67)80-51-47-66(54-77(80)88)87(5,6)7)75-49-48-70(56-83(75)93)94-69-35-24-34-68(55-69)90-58-91(82-41-23-22-40-81(82)90)85-71(62-28-14-9-15-29-62)36-25-37-72(85)63-30-16-10-17-31-63;/h8-57H,1-7H3;. The first kappa shape index (κ1) is 59.4. The van der Waals surface area contributed by atoms with Crippen molar-refractivity contribution in [3.8, 4) is 67.4 Å². The minimum absolute atomic E-state index is 0.162. The van der Waals surface area contributed by atoms with Crippen molar-refractivity contribution in [2.24, 2.45) is 0 Å². The molecule has 0 bridgehead atoms. The molecule has 7 heteroatoms. The molecule has 1 spiro atoms. The zero-order chi connectivity index (χ0) is 64.7. The molecule has 4 heterocycles. The molecule has 2 aromatic heterocycles. The Morgan fingerprint density at radius 1 is 0.358 bits per heavy atom. The first-order chi connectivity index (χ1) is 46.2. The Kier molecular flexibility index (Phi) is 14.6. The van der Waals surface area contributed by atoms with Crippen LogP contribution in [-0.4, -0.2) is 14.1 Å². The molecule has 12 aromatic carbocycles. The van der Waals surface area contributed by atoms with Crippen LogP contribution in [0.4, 0.5) is 34.3 Å². The fraction of sp³-hybridized carbons (Fsp3) is 0.114. The average Bonchev–Trinajstić information content (AvgIpc) is 1.20. The van der Waals surface area contributed by atoms with Crippen molar-refractivity contribution in [2.45, 2.75) is 64.7 Å². The fourth-order valence-electron chi connectivity index (χ4n) is 14.6. The molecule has 0 atom stereocenters. The Balaban J connectivity index is 0.899. The summed E-state index contributed by atoms with van der Waals surface area (Å²) in [5, 5.41) is 0. The van der Waals surface area contributed by atoms with Gasteiger partial charge in [0.05, 0.1) is 11.4 Å². The van der Waals surface area contributed by atoms with Crippen LogP contribution in [-0.2, 0) is 35.6 Å². The smallest absolute Gasteiger partial charge is 0.0622 e. The fourth-order valence-corrected chi connectivity index (χ4v) is 15.7. The molecule has 464 valence electrons. The molecule has 2 aliphatic heterocycles. The number of para-hydroxylation sites is 5. The van der Waals surface area contributed by atoms with Gasteiger partial charge in [0.1, 0.15) is 0 Å². The van der Waals surface area contributed by atoms with Gasteiger partial charge in [-0.15, -0.1) is 0 Å². The summed E-state index contributed by atoms with van der Waals surface area (Å²) >= 11 is 2.53. The SMILES string of the molecule is Cc1cc(N2c3ccccc3C3(c4cc(C(C)(C)C)ccc4N(c4ccccc4)c4ccc(C(C)(C)C)cc43)c3ccc(Oc4cccc(-n5[c](=[Pt])n(-c6c(-c7ccccc7)cccc6-c6ccccc6)c6ccccc65)c4)cc32)ncc1-c1ccc(-c2ccccc2)cc1. The number of pyridine rings is 1. The van der Waals surface area contributed by atoms with Crippen LogP contribution >= 0.6 is 0 Å². The summed E-state index contributed by atoms with van der Waals surface area (Å²) in [5.74, 6) is 2.23. The molecule has 6 nitrogen and oxygen atoms in total. The topological polar surface area (TPSA) is 38.5 Å². The molecule has 2 aliphatic rings. The molecule has 0 unspecified atom stereocenters. The molecule has 0 aliphatic carbocycles. The van der Waals surface area contributed by atoms with Crippen LogP contribution < -0.4 is 14.5 Å². The van der Waals surface area contributed by atoms with Gasteiger partial charge < -0.3 is 4.90 Å². The van der Waals surface area contributed by atoms with Crippen LogP contribution in [0, 0.1) is 10.7 Å². The number of hydrogen-bond acceptors (Lipinski definition) is 4. The van der Waals surface area contributed by atoms with Crippen molar-refractivity contribution in [3.05, 3.63) is 346 Å². The number of fused-ring (bicyclic) bond motifs is 9. The van der Waals surface area contributed by atoms with Crippen LogP contribution in [0.5, 0.6) is 11.5 Å². The van der Waals surface area contributed by atoms with Gasteiger partial charge in [0.2, 0.25) is 0 Å². The number of anilines is 6. The number of nitrogens with zero attached hydrogens (tertiary/aromatic N) is 5. The summed E-state index contributed by atoms with van der Waals surface area (Å²) in [4.78, 5) is 10.4. The zero-order valence-electron chi connectivity index (χ0n) is 54.3. The van der Waals surface area contributed by atoms with Gasteiger partial charge in [-0.3, -0.25) is 0 Å². The van der Waals surface area contributed by atoms with E-state index < -0.39 is 5.41 Å². The van der Waals surface area contributed by atoms with E-state index >= 15 is 0 Å². The zero-order valence-corrected chi connectivity index (χ0v) is 56.6. The Morgan fingerprint density at radius 2 is 0.832 bits per heavy atom. The summed E-state index contributed by atoms with van der Waals surface area (Å²) in [6.45, 7) is 16.2. The van der Waals surface area contributed by atoms with Crippen LogP contribution in [0.25, 0.3) is 66.9 Å². The second-order valence-corrected chi connectivity index (χ2v) is 28.2. The minimum Gasteiger partial charge on any atom is -0.0622 e. The molecule has 0 amide bonds. The second-order valence-electron chi connectivity index (χ2n) is 27.2. The average molecular weight is 1410 g/mol. The Hall–Kier alpha value is -10.7. The summed E-state index contributed by atoms with van der Waals surface area (Å²) in [7, 11) is 0. The van der Waals surface area contributed by atoms with E-state index in [0.29, 0.717) is 11.5 Å². The molecule has 0 fully saturated rings. The van der Waals surface area contributed by atoms with E-state index in [-0.39, 0.29) is 10.8 Å². The summed E-state index contributed by atoms with van der Waals surface area (Å²) in [6, 6.07) is 108. The predicted octanol–water partition coefficient (Wildman–Crippen LogP) is 23.2. The van der Waals surface area contributed by atoms with Gasteiger partial charge in [0.25, 0.3) is 0 Å². The summed E-state index contributed by atoms with van der Waals surface area (Å²) in [5.41, 5.74) is 26.1. The molecule has 95 heavy (non-hydrogen) atoms. The molecule has 0 saturated carbocycles. The van der Waals surface area contributed by atoms with Crippen LogP contribution in [0.1, 0.15) is 80.5 Å². The molecule has 0 radical (unpaired) electrons. The molecule has 16 rings (SSSR count). The Labute approximate surface area is 567 Å². The van der Waals surface area contributed by atoms with Crippen LogP contribution in [0.2, 0.25) is 0 Å². The molecular formula is C88H71N5OPt. The number of ether oxygens (including phenoxy) is 1. The third-order valence-electron chi connectivity index (χ3n) is 19.3. The normalized spacial score (nSPS) is 13.1. The molecule has 14 aromatic rings. The van der Waals surface area contributed by atoms with Gasteiger partial charge in [-0.25, -0.2) is 0 Å². The minimum atomic E-state index is -0.837. The number of rotatable bonds is 10. The van der Waals surface area contributed by atoms with E-state index in [0.717, 1.165) is 105 Å². The van der Waals surface area contributed by atoms with Gasteiger partial charge in [0.15, 0.2) is 0 Å². The first-order valence-electron chi connectivity index (χ1n) is 32.7. The molecule has 0 saturated heterocycles. The molecular weight excluding hydrogens is 1340 g/mol. The maximum absolute atomic E-state index is 7.36. The van der Waals surface area contributed by atoms with Gasteiger partial charge >= 0.3 is 306 Å². The third kappa shape index (κ3) is 10.1. The van der Waals surface area contributed by atoms with E-state index in [1.807, 2.05) is 0 Å². The quantitative estimate of drug-likeness (QED) is 0.137. The van der Waals surface area contributed by atoms with E-state index in [1.165, 1.54) is 38.9 Å². The van der Waals surface area contributed by atoms with Gasteiger partial charge in [-0.05, 0) is 75.4 Å². The van der Waals surface area contributed by atoms with Crippen molar-refractivity contribution in [2.75, 3.05) is 9.80 Å². The van der Waals surface area contributed by atoms with Crippen molar-refractivity contribution >= 4 is 45.3 Å². The predicted molar refractivity (Wildman–Crippen MR) is 389 cm³/mol. The maximum atomic E-state index is 7.36. The van der Waals surface area contributed by atoms with E-state index in [1.54, 1.807) is 0 Å². The van der Waals surface area contributed by atoms with E-state index in [2.05, 4.69) is 390 Å². The summed E-state index contributed by atoms with van der Waals surface area (Å²) in [6.07, 6.45) is 2.06. The monoisotopic (exact) mass is 1410 g/mol. The number of aromatic nitrogens is 3. The first-order valence-corrected chi connectivity index (χ1v) is 33.9. The van der Waals surface area contributed by atoms with Crippen molar-refractivity contribution < 1.29 is 24.1 Å². The number of hydrogen-bond donors (Lipinski definition) is 0. The second kappa shape index (κ2) is 23.4. The van der Waals surface area contributed by atoms with Crippen molar-refractivity contribution in [1.29, 1.82) is 0 Å². The van der Waals surface area contributed by atoms with Crippen LogP contribution in [0.3, 0.4) is 0 Å².